The molecular weight excluding hydrogens is 563 g/mol. The highest BCUT2D eigenvalue weighted by Gasteiger charge is 2.24. The number of carbonyl (C=O) groups excluding carboxylic acids is 1. The average molecular weight is 589 g/mol. The van der Waals surface area contributed by atoms with Crippen molar-refractivity contribution >= 4 is 46.5 Å². The van der Waals surface area contributed by atoms with E-state index in [9.17, 15) is 9.90 Å². The van der Waals surface area contributed by atoms with E-state index < -0.39 is 12.1 Å². The molecule has 0 aliphatic rings. The summed E-state index contributed by atoms with van der Waals surface area (Å²) in [7, 11) is 3.08. The van der Waals surface area contributed by atoms with Crippen LogP contribution in [0.5, 0.6) is 17.2 Å². The van der Waals surface area contributed by atoms with Gasteiger partial charge in [0.1, 0.15) is 21.9 Å². The van der Waals surface area contributed by atoms with Crippen molar-refractivity contribution in [2.45, 2.75) is 19.1 Å². The molecule has 1 atom stereocenters. The summed E-state index contributed by atoms with van der Waals surface area (Å²) < 4.78 is 16.8. The number of aromatic nitrogens is 1. The number of carbonyl (C=O) groups is 1. The largest absolute Gasteiger partial charge is 0.508 e. The SMILES string of the molecule is COc1ccc([C@H](Cc2c(Cl)c[nH+]cc2Cl)OC(=O)c2ccc(CNc3cc(O)ccc3Cl)cc2)cc1OC. The lowest BCUT2D eigenvalue weighted by Gasteiger charge is -2.20. The molecule has 39 heavy (non-hydrogen) atoms. The van der Waals surface area contributed by atoms with E-state index in [0.29, 0.717) is 55.5 Å². The minimum absolute atomic E-state index is 0.111. The summed E-state index contributed by atoms with van der Waals surface area (Å²) in [4.78, 5) is 16.1. The highest BCUT2D eigenvalue weighted by molar-refractivity contribution is 6.35. The van der Waals surface area contributed by atoms with Crippen LogP contribution >= 0.6 is 34.8 Å². The van der Waals surface area contributed by atoms with Gasteiger partial charge in [-0.2, -0.15) is 0 Å². The summed E-state index contributed by atoms with van der Waals surface area (Å²) in [5, 5.41) is 14.2. The summed E-state index contributed by atoms with van der Waals surface area (Å²) >= 11 is 19.0. The molecule has 3 N–H and O–H groups in total. The van der Waals surface area contributed by atoms with Crippen molar-refractivity contribution in [2.75, 3.05) is 19.5 Å². The van der Waals surface area contributed by atoms with Crippen LogP contribution in [-0.2, 0) is 17.7 Å². The number of rotatable bonds is 10. The Morgan fingerprint density at radius 3 is 2.26 bits per heavy atom. The minimum Gasteiger partial charge on any atom is -0.508 e. The van der Waals surface area contributed by atoms with E-state index in [1.54, 1.807) is 62.0 Å². The van der Waals surface area contributed by atoms with E-state index in [1.165, 1.54) is 13.2 Å². The maximum Gasteiger partial charge on any atom is 0.338 e. The van der Waals surface area contributed by atoms with Gasteiger partial charge in [0.2, 0.25) is 0 Å². The molecule has 0 saturated heterocycles. The van der Waals surface area contributed by atoms with E-state index in [1.807, 2.05) is 12.1 Å². The number of hydrogen-bond donors (Lipinski definition) is 2. The van der Waals surface area contributed by atoms with Crippen molar-refractivity contribution in [3.05, 3.63) is 110 Å². The molecule has 7 nitrogen and oxygen atoms in total. The number of phenolic OH excluding ortho intramolecular Hbond substituents is 1. The highest BCUT2D eigenvalue weighted by Crippen LogP contribution is 2.35. The molecule has 0 aliphatic heterocycles. The zero-order valence-corrected chi connectivity index (χ0v) is 23.4. The third kappa shape index (κ3) is 7.06. The van der Waals surface area contributed by atoms with Gasteiger partial charge >= 0.3 is 5.97 Å². The number of nitrogens with one attached hydrogen (secondary N) is 2. The first-order valence-electron chi connectivity index (χ1n) is 11.9. The summed E-state index contributed by atoms with van der Waals surface area (Å²) in [5.41, 5.74) is 3.20. The van der Waals surface area contributed by atoms with Gasteiger partial charge in [-0.25, -0.2) is 9.78 Å². The van der Waals surface area contributed by atoms with Gasteiger partial charge in [0.25, 0.3) is 0 Å². The van der Waals surface area contributed by atoms with Crippen LogP contribution in [0.2, 0.25) is 15.1 Å². The number of phenols is 1. The lowest BCUT2D eigenvalue weighted by molar-refractivity contribution is -0.377. The number of aromatic hydroxyl groups is 1. The molecule has 1 aromatic heterocycles. The molecule has 0 saturated carbocycles. The van der Waals surface area contributed by atoms with E-state index in [2.05, 4.69) is 10.3 Å². The number of benzene rings is 3. The van der Waals surface area contributed by atoms with E-state index >= 15 is 0 Å². The topological polar surface area (TPSA) is 91.2 Å². The van der Waals surface area contributed by atoms with Crippen LogP contribution in [0.25, 0.3) is 0 Å². The fourth-order valence-electron chi connectivity index (χ4n) is 3.94. The minimum atomic E-state index is -0.719. The Kier molecular flexibility index (Phi) is 9.41. The summed E-state index contributed by atoms with van der Waals surface area (Å²) in [6.45, 7) is 0.439. The smallest absolute Gasteiger partial charge is 0.338 e. The van der Waals surface area contributed by atoms with E-state index in [0.717, 1.165) is 5.56 Å². The van der Waals surface area contributed by atoms with Crippen molar-refractivity contribution in [3.8, 4) is 17.2 Å². The summed E-state index contributed by atoms with van der Waals surface area (Å²) in [6, 6.07) is 17.0. The van der Waals surface area contributed by atoms with Crippen molar-refractivity contribution in [1.82, 2.24) is 0 Å². The molecule has 0 unspecified atom stereocenters. The number of halogens is 3. The van der Waals surface area contributed by atoms with Gasteiger partial charge in [-0.1, -0.05) is 53.0 Å². The number of hydrogen-bond acceptors (Lipinski definition) is 6. The predicted molar refractivity (Wildman–Crippen MR) is 151 cm³/mol. The van der Waals surface area contributed by atoms with Crippen LogP contribution < -0.4 is 19.8 Å². The Labute approximate surface area is 241 Å². The van der Waals surface area contributed by atoms with Crippen LogP contribution in [0, 0.1) is 0 Å². The monoisotopic (exact) mass is 587 g/mol. The van der Waals surface area contributed by atoms with Crippen molar-refractivity contribution in [2.24, 2.45) is 0 Å². The fraction of sp³-hybridized carbons (Fsp3) is 0.172. The van der Waals surface area contributed by atoms with Gasteiger partial charge in [-0.15, -0.1) is 0 Å². The Morgan fingerprint density at radius 1 is 0.897 bits per heavy atom. The van der Waals surface area contributed by atoms with E-state index in [-0.39, 0.29) is 12.2 Å². The Balaban J connectivity index is 1.54. The molecule has 4 rings (SSSR count). The first-order chi connectivity index (χ1) is 18.8. The van der Waals surface area contributed by atoms with Crippen LogP contribution in [-0.4, -0.2) is 25.3 Å². The number of ether oxygens (including phenoxy) is 3. The third-order valence-electron chi connectivity index (χ3n) is 6.04. The molecule has 4 aromatic rings. The summed E-state index contributed by atoms with van der Waals surface area (Å²) in [5.74, 6) is 0.645. The maximum absolute atomic E-state index is 13.2. The molecule has 3 aromatic carbocycles. The Hall–Kier alpha value is -3.65. The number of H-pyrrole nitrogens is 1. The number of esters is 1. The van der Waals surface area contributed by atoms with Crippen LogP contribution in [0.3, 0.4) is 0 Å². The fourth-order valence-corrected chi connectivity index (χ4v) is 4.66. The molecule has 0 spiro atoms. The predicted octanol–water partition coefficient (Wildman–Crippen LogP) is 6.94. The molecule has 0 aliphatic carbocycles. The van der Waals surface area contributed by atoms with Crippen LogP contribution in [0.15, 0.2) is 73.1 Å². The molecule has 0 amide bonds. The molecule has 0 fully saturated rings. The van der Waals surface area contributed by atoms with Gasteiger partial charge in [0, 0.05) is 24.6 Å². The summed E-state index contributed by atoms with van der Waals surface area (Å²) in [6.07, 6.45) is 2.75. The molecule has 202 valence electrons. The second kappa shape index (κ2) is 12.9. The quantitative estimate of drug-likeness (QED) is 0.195. The zero-order chi connectivity index (χ0) is 27.9. The molecule has 0 radical (unpaired) electrons. The van der Waals surface area contributed by atoms with Crippen molar-refractivity contribution in [3.63, 3.8) is 0 Å². The van der Waals surface area contributed by atoms with Crippen LogP contribution in [0.4, 0.5) is 5.69 Å². The molecule has 0 bridgehead atoms. The van der Waals surface area contributed by atoms with Gasteiger partial charge in [-0.05, 0) is 47.5 Å². The second-order valence-electron chi connectivity index (χ2n) is 8.56. The van der Waals surface area contributed by atoms with Gasteiger partial charge < -0.3 is 24.6 Å². The van der Waals surface area contributed by atoms with Crippen molar-refractivity contribution in [1.29, 1.82) is 0 Å². The van der Waals surface area contributed by atoms with Gasteiger partial charge in [-0.3, -0.25) is 0 Å². The molecule has 10 heteroatoms. The average Bonchev–Trinajstić information content (AvgIpc) is 2.94. The molecule has 1 heterocycles. The number of aromatic amines is 1. The third-order valence-corrected chi connectivity index (χ3v) is 7.04. The first-order valence-corrected chi connectivity index (χ1v) is 13.0. The van der Waals surface area contributed by atoms with Gasteiger partial charge in [0.05, 0.1) is 30.5 Å². The number of methoxy groups -OCH3 is 2. The second-order valence-corrected chi connectivity index (χ2v) is 9.78. The van der Waals surface area contributed by atoms with Gasteiger partial charge in [0.15, 0.2) is 23.9 Å². The van der Waals surface area contributed by atoms with Crippen molar-refractivity contribution < 1.29 is 29.1 Å². The normalized spacial score (nSPS) is 11.5. The van der Waals surface area contributed by atoms with Crippen LogP contribution in [0.1, 0.15) is 33.2 Å². The highest BCUT2D eigenvalue weighted by atomic mass is 35.5. The first kappa shape index (κ1) is 28.4. The zero-order valence-electron chi connectivity index (χ0n) is 21.1. The van der Waals surface area contributed by atoms with E-state index in [4.69, 9.17) is 49.0 Å². The number of anilines is 1. The number of pyridine rings is 1. The Morgan fingerprint density at radius 2 is 1.59 bits per heavy atom. The lowest BCUT2D eigenvalue weighted by Crippen LogP contribution is -2.16. The Bertz CT molecular complexity index is 1440. The standard InChI is InChI=1S/C29H25Cl3N2O5/c1-37-26-10-7-19(11-28(26)38-2)27(13-21-23(31)15-33-16-24(21)32)39-29(36)18-5-3-17(4-6-18)14-34-25-12-20(35)8-9-22(25)30/h3-12,15-16,27,34-35H,13-14H2,1-2H3/p+1/t27-/m0/s1. The maximum atomic E-state index is 13.2. The lowest BCUT2D eigenvalue weighted by atomic mass is 10.0. The molecular formula is C29H26Cl3N2O5+.